The van der Waals surface area contributed by atoms with Crippen LogP contribution in [-0.2, 0) is 16.0 Å². The third kappa shape index (κ3) is 11.1. The molecule has 1 aliphatic heterocycles. The Morgan fingerprint density at radius 2 is 1.35 bits per heavy atom. The molecule has 0 aromatic heterocycles. The van der Waals surface area contributed by atoms with E-state index in [1.165, 1.54) is 0 Å². The van der Waals surface area contributed by atoms with Crippen LogP contribution in [-0.4, -0.2) is 42.2 Å². The number of amides is 1. The maximum absolute atomic E-state index is 12.5. The van der Waals surface area contributed by atoms with E-state index in [2.05, 4.69) is 0 Å². The first-order valence-electron chi connectivity index (χ1n) is 12.9. The Morgan fingerprint density at radius 1 is 0.853 bits per heavy atom. The van der Waals surface area contributed by atoms with Crippen molar-refractivity contribution < 1.29 is 19.4 Å². The fraction of sp³-hybridized carbons (Fsp3) is 0.552. The number of morpholine rings is 1. The first-order chi connectivity index (χ1) is 16.4. The summed E-state index contributed by atoms with van der Waals surface area (Å²) in [6, 6.07) is 9.20. The highest BCUT2D eigenvalue weighted by Crippen LogP contribution is 2.32. The van der Waals surface area contributed by atoms with E-state index in [4.69, 9.17) is 9.47 Å². The predicted octanol–water partition coefficient (Wildman–Crippen LogP) is 7.62. The van der Waals surface area contributed by atoms with Crippen LogP contribution in [0.15, 0.2) is 30.3 Å². The molecule has 1 amide bonds. The summed E-state index contributed by atoms with van der Waals surface area (Å²) >= 11 is 0. The molecule has 0 aliphatic carbocycles. The van der Waals surface area contributed by atoms with Crippen molar-refractivity contribution in [3.8, 4) is 17.2 Å². The Bertz CT molecular complexity index is 789. The van der Waals surface area contributed by atoms with Crippen LogP contribution in [0.4, 0.5) is 0 Å². The van der Waals surface area contributed by atoms with Gasteiger partial charge in [0.1, 0.15) is 17.2 Å². The van der Waals surface area contributed by atoms with Crippen LogP contribution in [0.1, 0.15) is 77.6 Å². The van der Waals surface area contributed by atoms with E-state index in [-0.39, 0.29) is 11.7 Å². The lowest BCUT2D eigenvalue weighted by atomic mass is 10.0. The quantitative estimate of drug-likeness (QED) is 0.494. The molecular weight excluding hydrogens is 426 g/mol. The Labute approximate surface area is 209 Å². The molecule has 0 atom stereocenters. The second kappa shape index (κ2) is 19.9. The topological polar surface area (TPSA) is 59.0 Å². The number of ether oxygens (including phenoxy) is 2. The molecule has 3 rings (SSSR count). The number of aromatic hydroxyl groups is 1. The molecule has 34 heavy (non-hydrogen) atoms. The molecule has 0 radical (unpaired) electrons. The zero-order chi connectivity index (χ0) is 26.7. The van der Waals surface area contributed by atoms with Crippen molar-refractivity contribution in [3.63, 3.8) is 0 Å². The van der Waals surface area contributed by atoms with Gasteiger partial charge in [-0.05, 0) is 61.2 Å². The monoisotopic (exact) mass is 475 g/mol. The van der Waals surface area contributed by atoms with Crippen LogP contribution in [0.5, 0.6) is 17.2 Å². The summed E-state index contributed by atoms with van der Waals surface area (Å²) in [6.07, 6.45) is 0.389. The highest BCUT2D eigenvalue weighted by molar-refractivity contribution is 5.79. The van der Waals surface area contributed by atoms with Gasteiger partial charge in [-0.2, -0.15) is 0 Å². The van der Waals surface area contributed by atoms with Crippen molar-refractivity contribution in [1.29, 1.82) is 0 Å². The molecule has 1 N–H and O–H groups in total. The Morgan fingerprint density at radius 3 is 1.82 bits per heavy atom. The average molecular weight is 476 g/mol. The minimum Gasteiger partial charge on any atom is -0.508 e. The number of rotatable bonds is 4. The van der Waals surface area contributed by atoms with Gasteiger partial charge in [-0.15, -0.1) is 0 Å². The van der Waals surface area contributed by atoms with E-state index in [1.807, 2.05) is 99.3 Å². The third-order valence-electron chi connectivity index (χ3n) is 4.63. The summed E-state index contributed by atoms with van der Waals surface area (Å²) in [6.45, 7) is 24.4. The highest BCUT2D eigenvalue weighted by Gasteiger charge is 2.18. The summed E-state index contributed by atoms with van der Waals surface area (Å²) in [7, 11) is 0. The lowest BCUT2D eigenvalue weighted by Gasteiger charge is -2.27. The molecule has 2 aromatic rings. The molecule has 0 bridgehead atoms. The highest BCUT2D eigenvalue weighted by atomic mass is 16.5. The molecule has 194 valence electrons. The molecule has 0 spiro atoms. The number of nitrogens with zero attached hydrogens (tertiary/aromatic N) is 1. The Balaban J connectivity index is 0. The van der Waals surface area contributed by atoms with E-state index in [0.717, 1.165) is 28.0 Å². The molecule has 1 fully saturated rings. The predicted molar refractivity (Wildman–Crippen MR) is 145 cm³/mol. The maximum Gasteiger partial charge on any atom is 0.227 e. The average Bonchev–Trinajstić information content (AvgIpc) is 2.89. The fourth-order valence-electron chi connectivity index (χ4n) is 3.21. The molecule has 0 unspecified atom stereocenters. The van der Waals surface area contributed by atoms with E-state index in [1.54, 1.807) is 12.1 Å². The maximum atomic E-state index is 12.5. The van der Waals surface area contributed by atoms with Crippen LogP contribution in [0.3, 0.4) is 0 Å². The molecule has 2 aromatic carbocycles. The number of aryl methyl sites for hydroxylation is 3. The number of carbonyl (C=O) groups excluding carboxylic acids is 1. The van der Waals surface area contributed by atoms with Gasteiger partial charge in [0.15, 0.2) is 0 Å². The van der Waals surface area contributed by atoms with Gasteiger partial charge in [0, 0.05) is 13.1 Å². The smallest absolute Gasteiger partial charge is 0.227 e. The van der Waals surface area contributed by atoms with Gasteiger partial charge in [-0.1, -0.05) is 67.5 Å². The standard InChI is InChI=1S/C21H25NO4.4C2H6/c1-14-12-18(4-5-19(14)23)26-21-15(2)10-17(11-16(21)3)13-20(24)22-6-8-25-9-7-22;4*1-2/h4-5,10-12,23H,6-9,13H2,1-3H3;4*1-2H3. The van der Waals surface area contributed by atoms with Gasteiger partial charge >= 0.3 is 0 Å². The number of hydrogen-bond donors (Lipinski definition) is 1. The second-order valence-electron chi connectivity index (χ2n) is 6.78. The fourth-order valence-corrected chi connectivity index (χ4v) is 3.21. The minimum absolute atomic E-state index is 0.134. The largest absolute Gasteiger partial charge is 0.508 e. The van der Waals surface area contributed by atoms with Crippen molar-refractivity contribution >= 4 is 5.91 Å². The molecule has 1 heterocycles. The lowest BCUT2D eigenvalue weighted by molar-refractivity contribution is -0.134. The zero-order valence-corrected chi connectivity index (χ0v) is 23.5. The molecule has 1 saturated heterocycles. The zero-order valence-electron chi connectivity index (χ0n) is 23.5. The van der Waals surface area contributed by atoms with Crippen molar-refractivity contribution in [1.82, 2.24) is 4.90 Å². The number of phenols is 1. The summed E-state index contributed by atoms with van der Waals surface area (Å²) < 4.78 is 11.3. The van der Waals surface area contributed by atoms with Crippen LogP contribution >= 0.6 is 0 Å². The van der Waals surface area contributed by atoms with Crippen LogP contribution in [0, 0.1) is 20.8 Å². The molecule has 0 saturated carbocycles. The minimum atomic E-state index is 0.134. The lowest BCUT2D eigenvalue weighted by Crippen LogP contribution is -2.41. The summed E-state index contributed by atoms with van der Waals surface area (Å²) in [5.41, 5.74) is 3.73. The normalized spacial score (nSPS) is 11.7. The molecule has 1 aliphatic rings. The molecule has 5 heteroatoms. The van der Waals surface area contributed by atoms with Crippen LogP contribution in [0.25, 0.3) is 0 Å². The number of benzene rings is 2. The molecular formula is C29H49NO4. The first kappa shape index (κ1) is 33.6. The van der Waals surface area contributed by atoms with Gasteiger partial charge < -0.3 is 19.5 Å². The second-order valence-corrected chi connectivity index (χ2v) is 6.78. The van der Waals surface area contributed by atoms with Crippen molar-refractivity contribution in [2.24, 2.45) is 0 Å². The number of phenolic OH excluding ortho intramolecular Hbond substituents is 1. The van der Waals surface area contributed by atoms with E-state index >= 15 is 0 Å². The van der Waals surface area contributed by atoms with Crippen LogP contribution < -0.4 is 4.74 Å². The number of hydrogen-bond acceptors (Lipinski definition) is 4. The first-order valence-corrected chi connectivity index (χ1v) is 12.9. The van der Waals surface area contributed by atoms with Gasteiger partial charge in [-0.3, -0.25) is 4.79 Å². The van der Waals surface area contributed by atoms with Gasteiger partial charge in [0.05, 0.1) is 19.6 Å². The summed E-state index contributed by atoms with van der Waals surface area (Å²) in [5.74, 6) is 1.86. The summed E-state index contributed by atoms with van der Waals surface area (Å²) in [4.78, 5) is 14.3. The van der Waals surface area contributed by atoms with Gasteiger partial charge in [-0.25, -0.2) is 0 Å². The number of carbonyl (C=O) groups is 1. The van der Waals surface area contributed by atoms with Crippen molar-refractivity contribution in [2.75, 3.05) is 26.3 Å². The Kier molecular flexibility index (Phi) is 19.7. The van der Waals surface area contributed by atoms with Crippen molar-refractivity contribution in [3.05, 3.63) is 52.6 Å². The molecule has 5 nitrogen and oxygen atoms in total. The van der Waals surface area contributed by atoms with Gasteiger partial charge in [0.25, 0.3) is 0 Å². The van der Waals surface area contributed by atoms with E-state index in [0.29, 0.717) is 38.5 Å². The summed E-state index contributed by atoms with van der Waals surface area (Å²) in [5, 5.41) is 9.65. The van der Waals surface area contributed by atoms with Crippen molar-refractivity contribution in [2.45, 2.75) is 82.6 Å². The van der Waals surface area contributed by atoms with E-state index in [9.17, 15) is 9.90 Å². The van der Waals surface area contributed by atoms with Gasteiger partial charge in [0.2, 0.25) is 5.91 Å². The Hall–Kier alpha value is -2.53. The van der Waals surface area contributed by atoms with E-state index < -0.39 is 0 Å². The third-order valence-corrected chi connectivity index (χ3v) is 4.63. The SMILES string of the molecule is CC.CC.CC.CC.Cc1cc(Oc2c(C)cc(CC(=O)N3CCOCC3)cc2C)ccc1O. The van der Waals surface area contributed by atoms with Crippen LogP contribution in [0.2, 0.25) is 0 Å².